The topological polar surface area (TPSA) is 109 Å². The van der Waals surface area contributed by atoms with Gasteiger partial charge < -0.3 is 15.6 Å². The number of nitrogens with two attached hydrogens (primary N) is 1. The number of nitriles is 1. The highest BCUT2D eigenvalue weighted by Gasteiger charge is 2.15. The van der Waals surface area contributed by atoms with Gasteiger partial charge in [0.25, 0.3) is 5.91 Å². The zero-order chi connectivity index (χ0) is 18.5. The summed E-state index contributed by atoms with van der Waals surface area (Å²) in [6.45, 7) is 0. The van der Waals surface area contributed by atoms with Crippen molar-refractivity contribution in [3.05, 3.63) is 78.0 Å². The number of aromatic nitrogens is 1. The van der Waals surface area contributed by atoms with Crippen molar-refractivity contribution in [1.29, 1.82) is 5.26 Å². The first-order chi connectivity index (χ1) is 12.6. The molecule has 3 aromatic rings. The summed E-state index contributed by atoms with van der Waals surface area (Å²) in [7, 11) is 0. The highest BCUT2D eigenvalue weighted by atomic mass is 16.5. The van der Waals surface area contributed by atoms with E-state index >= 15 is 0 Å². The van der Waals surface area contributed by atoms with Crippen molar-refractivity contribution in [3.63, 3.8) is 0 Å². The molecule has 0 saturated heterocycles. The van der Waals surface area contributed by atoms with E-state index in [1.807, 2.05) is 12.1 Å². The van der Waals surface area contributed by atoms with Crippen LogP contribution in [0.15, 0.2) is 66.7 Å². The van der Waals surface area contributed by atoms with Crippen LogP contribution in [0.1, 0.15) is 17.4 Å². The standard InChI is InChI=1S/C20H15N3O3/c21-12-13-4-8-15(9-5-13)26-16-10-6-14(7-11-16)17-2-1-3-18(23-17)19(24)20(22)25/h1-11,19,24H,(H2,22,25)/t19-/m0/s1. The molecule has 26 heavy (non-hydrogen) atoms. The Morgan fingerprint density at radius 1 is 1.04 bits per heavy atom. The molecule has 3 rings (SSSR count). The maximum absolute atomic E-state index is 11.1. The SMILES string of the molecule is N#Cc1ccc(Oc2ccc(-c3cccc([C@H](O)C(N)=O)n3)cc2)cc1. The number of primary amides is 1. The summed E-state index contributed by atoms with van der Waals surface area (Å²) in [6, 6.07) is 21.1. The molecule has 3 N–H and O–H groups in total. The van der Waals surface area contributed by atoms with Crippen LogP contribution in [-0.2, 0) is 4.79 Å². The van der Waals surface area contributed by atoms with Crippen LogP contribution in [-0.4, -0.2) is 16.0 Å². The first-order valence-corrected chi connectivity index (χ1v) is 7.79. The molecular weight excluding hydrogens is 330 g/mol. The van der Waals surface area contributed by atoms with Crippen LogP contribution >= 0.6 is 0 Å². The smallest absolute Gasteiger partial charge is 0.252 e. The van der Waals surface area contributed by atoms with Crippen LogP contribution in [0, 0.1) is 11.3 Å². The first-order valence-electron chi connectivity index (χ1n) is 7.79. The highest BCUT2D eigenvalue weighted by molar-refractivity contribution is 5.79. The van der Waals surface area contributed by atoms with Gasteiger partial charge in [-0.15, -0.1) is 0 Å². The number of nitrogens with zero attached hydrogens (tertiary/aromatic N) is 2. The van der Waals surface area contributed by atoms with E-state index in [1.54, 1.807) is 54.6 Å². The number of pyridine rings is 1. The molecule has 0 spiro atoms. The molecule has 0 unspecified atom stereocenters. The van der Waals surface area contributed by atoms with E-state index < -0.39 is 12.0 Å². The molecule has 1 aromatic heterocycles. The molecular formula is C20H15N3O3. The summed E-state index contributed by atoms with van der Waals surface area (Å²) in [6.07, 6.45) is -1.44. The molecule has 1 heterocycles. The van der Waals surface area contributed by atoms with E-state index in [0.717, 1.165) is 5.56 Å². The Labute approximate surface area is 150 Å². The van der Waals surface area contributed by atoms with Gasteiger partial charge in [0.1, 0.15) is 11.5 Å². The van der Waals surface area contributed by atoms with Crippen molar-refractivity contribution in [1.82, 2.24) is 4.98 Å². The number of aliphatic hydroxyl groups excluding tert-OH is 1. The monoisotopic (exact) mass is 345 g/mol. The molecule has 0 aliphatic heterocycles. The minimum atomic E-state index is -1.44. The predicted molar refractivity (Wildman–Crippen MR) is 95.1 cm³/mol. The lowest BCUT2D eigenvalue weighted by atomic mass is 10.1. The lowest BCUT2D eigenvalue weighted by Crippen LogP contribution is -2.21. The van der Waals surface area contributed by atoms with Crippen LogP contribution in [0.4, 0.5) is 0 Å². The number of carbonyl (C=O) groups is 1. The molecule has 2 aromatic carbocycles. The number of amides is 1. The largest absolute Gasteiger partial charge is 0.457 e. The van der Waals surface area contributed by atoms with E-state index in [1.165, 1.54) is 0 Å². The van der Waals surface area contributed by atoms with E-state index in [2.05, 4.69) is 11.1 Å². The van der Waals surface area contributed by atoms with Gasteiger partial charge in [-0.1, -0.05) is 6.07 Å². The van der Waals surface area contributed by atoms with Gasteiger partial charge in [0.15, 0.2) is 6.10 Å². The Hall–Kier alpha value is -3.69. The van der Waals surface area contributed by atoms with E-state index in [-0.39, 0.29) is 5.69 Å². The second-order valence-electron chi connectivity index (χ2n) is 5.52. The molecule has 0 aliphatic carbocycles. The summed E-state index contributed by atoms with van der Waals surface area (Å²) >= 11 is 0. The maximum Gasteiger partial charge on any atom is 0.252 e. The lowest BCUT2D eigenvalue weighted by Gasteiger charge is -2.09. The number of benzene rings is 2. The van der Waals surface area contributed by atoms with Crippen LogP contribution in [0.25, 0.3) is 11.3 Å². The average Bonchev–Trinajstić information content (AvgIpc) is 2.68. The molecule has 128 valence electrons. The fourth-order valence-corrected chi connectivity index (χ4v) is 2.34. The molecule has 0 aliphatic rings. The highest BCUT2D eigenvalue weighted by Crippen LogP contribution is 2.26. The van der Waals surface area contributed by atoms with Gasteiger partial charge in [0.05, 0.1) is 23.0 Å². The lowest BCUT2D eigenvalue weighted by molar-refractivity contribution is -0.126. The number of hydrogen-bond acceptors (Lipinski definition) is 5. The zero-order valence-corrected chi connectivity index (χ0v) is 13.7. The van der Waals surface area contributed by atoms with Crippen molar-refractivity contribution >= 4 is 5.91 Å². The van der Waals surface area contributed by atoms with Crippen molar-refractivity contribution < 1.29 is 14.6 Å². The van der Waals surface area contributed by atoms with Gasteiger partial charge in [-0.25, -0.2) is 4.98 Å². The number of carbonyl (C=O) groups excluding carboxylic acids is 1. The second kappa shape index (κ2) is 7.47. The van der Waals surface area contributed by atoms with E-state index in [9.17, 15) is 9.90 Å². The normalized spacial score (nSPS) is 11.4. The van der Waals surface area contributed by atoms with Gasteiger partial charge >= 0.3 is 0 Å². The molecule has 1 atom stereocenters. The van der Waals surface area contributed by atoms with Gasteiger partial charge in [-0.3, -0.25) is 4.79 Å². The summed E-state index contributed by atoms with van der Waals surface area (Å²) in [5.41, 5.74) is 7.28. The summed E-state index contributed by atoms with van der Waals surface area (Å²) < 4.78 is 5.73. The molecule has 6 nitrogen and oxygen atoms in total. The van der Waals surface area contributed by atoms with Crippen LogP contribution in [0.3, 0.4) is 0 Å². The number of rotatable bonds is 5. The number of ether oxygens (including phenoxy) is 1. The van der Waals surface area contributed by atoms with Crippen LogP contribution < -0.4 is 10.5 Å². The zero-order valence-electron chi connectivity index (χ0n) is 13.7. The predicted octanol–water partition coefficient (Wildman–Crippen LogP) is 2.93. The molecule has 0 fully saturated rings. The Kier molecular flexibility index (Phi) is 4.92. The Morgan fingerprint density at radius 3 is 2.23 bits per heavy atom. The van der Waals surface area contributed by atoms with Gasteiger partial charge in [-0.2, -0.15) is 5.26 Å². The molecule has 0 bridgehead atoms. The summed E-state index contributed by atoms with van der Waals surface area (Å²) in [5, 5.41) is 18.5. The molecule has 6 heteroatoms. The van der Waals surface area contributed by atoms with Crippen molar-refractivity contribution in [3.8, 4) is 28.8 Å². The fourth-order valence-electron chi connectivity index (χ4n) is 2.34. The first kappa shape index (κ1) is 17.1. The molecule has 0 radical (unpaired) electrons. The van der Waals surface area contributed by atoms with Crippen molar-refractivity contribution in [2.45, 2.75) is 6.10 Å². The summed E-state index contributed by atoms with van der Waals surface area (Å²) in [5.74, 6) is 0.411. The Bertz CT molecular complexity index is 961. The summed E-state index contributed by atoms with van der Waals surface area (Å²) in [4.78, 5) is 15.4. The van der Waals surface area contributed by atoms with Crippen molar-refractivity contribution in [2.24, 2.45) is 5.73 Å². The second-order valence-corrected chi connectivity index (χ2v) is 5.52. The van der Waals surface area contributed by atoms with Crippen LogP contribution in [0.2, 0.25) is 0 Å². The van der Waals surface area contributed by atoms with Gasteiger partial charge in [0.2, 0.25) is 0 Å². The van der Waals surface area contributed by atoms with Crippen molar-refractivity contribution in [2.75, 3.05) is 0 Å². The Balaban J connectivity index is 1.78. The number of hydrogen-bond donors (Lipinski definition) is 2. The Morgan fingerprint density at radius 2 is 1.65 bits per heavy atom. The average molecular weight is 345 g/mol. The minimum absolute atomic E-state index is 0.202. The van der Waals surface area contributed by atoms with E-state index in [0.29, 0.717) is 22.8 Å². The van der Waals surface area contributed by atoms with Gasteiger partial charge in [-0.05, 0) is 60.7 Å². The molecule has 0 saturated carbocycles. The third kappa shape index (κ3) is 3.86. The fraction of sp³-hybridized carbons (Fsp3) is 0.0500. The van der Waals surface area contributed by atoms with E-state index in [4.69, 9.17) is 15.7 Å². The van der Waals surface area contributed by atoms with Crippen LogP contribution in [0.5, 0.6) is 11.5 Å². The molecule has 1 amide bonds. The van der Waals surface area contributed by atoms with Gasteiger partial charge in [0, 0.05) is 5.56 Å². The quantitative estimate of drug-likeness (QED) is 0.739. The maximum atomic E-state index is 11.1. The third-order valence-corrected chi connectivity index (χ3v) is 3.69. The third-order valence-electron chi connectivity index (χ3n) is 3.69. The number of aliphatic hydroxyl groups is 1. The minimum Gasteiger partial charge on any atom is -0.457 e.